The second kappa shape index (κ2) is 6.92. The van der Waals surface area contributed by atoms with Crippen LogP contribution < -0.4 is 5.32 Å². The summed E-state index contributed by atoms with van der Waals surface area (Å²) >= 11 is 0. The zero-order valence-corrected chi connectivity index (χ0v) is 13.4. The molecule has 6 heteroatoms. The molecule has 0 unspecified atom stereocenters. The second-order valence-electron chi connectivity index (χ2n) is 6.35. The number of urea groups is 1. The number of carboxylic acid groups (broad SMARTS) is 1. The number of carbonyl (C=O) groups excluding carboxylic acids is 1. The Bertz CT molecular complexity index is 351. The zero-order chi connectivity index (χ0) is 16.1. The van der Waals surface area contributed by atoms with Crippen LogP contribution in [-0.2, 0) is 4.79 Å². The minimum Gasteiger partial charge on any atom is -0.481 e. The van der Waals surface area contributed by atoms with Crippen molar-refractivity contribution in [2.24, 2.45) is 5.41 Å². The summed E-state index contributed by atoms with van der Waals surface area (Å²) in [6.45, 7) is 10.8. The summed E-state index contributed by atoms with van der Waals surface area (Å²) in [5.74, 6) is -0.964. The van der Waals surface area contributed by atoms with Crippen LogP contribution in [0.1, 0.15) is 48.0 Å². The molecule has 0 bridgehead atoms. The van der Waals surface area contributed by atoms with Crippen molar-refractivity contribution >= 4 is 12.0 Å². The molecule has 0 rings (SSSR count). The van der Waals surface area contributed by atoms with Gasteiger partial charge in [-0.3, -0.25) is 4.79 Å². The monoisotopic (exact) mass is 288 g/mol. The van der Waals surface area contributed by atoms with Gasteiger partial charge in [0.25, 0.3) is 0 Å². The predicted molar refractivity (Wildman–Crippen MR) is 77.6 cm³/mol. The average molecular weight is 288 g/mol. The van der Waals surface area contributed by atoms with E-state index in [2.05, 4.69) is 5.32 Å². The number of aliphatic carboxylic acids is 1. The lowest BCUT2D eigenvalue weighted by molar-refractivity contribution is -0.150. The number of amides is 2. The number of hydrogen-bond donors (Lipinski definition) is 3. The van der Waals surface area contributed by atoms with Gasteiger partial charge in [0.2, 0.25) is 0 Å². The second-order valence-corrected chi connectivity index (χ2v) is 6.35. The van der Waals surface area contributed by atoms with Gasteiger partial charge >= 0.3 is 12.0 Å². The molecule has 0 spiro atoms. The first kappa shape index (κ1) is 18.7. The molecule has 0 atom stereocenters. The number of nitrogens with one attached hydrogen (secondary N) is 1. The molecule has 0 aliphatic rings. The fourth-order valence-electron chi connectivity index (χ4n) is 1.60. The molecule has 3 N–H and O–H groups in total. The largest absolute Gasteiger partial charge is 0.481 e. The highest BCUT2D eigenvalue weighted by molar-refractivity contribution is 5.79. The van der Waals surface area contributed by atoms with Gasteiger partial charge < -0.3 is 20.4 Å². The van der Waals surface area contributed by atoms with Crippen LogP contribution in [0.5, 0.6) is 0 Å². The average Bonchev–Trinajstić information content (AvgIpc) is 2.27. The molecule has 2 amide bonds. The van der Waals surface area contributed by atoms with E-state index < -0.39 is 16.9 Å². The minimum atomic E-state index is -1.09. The van der Waals surface area contributed by atoms with Crippen LogP contribution in [0, 0.1) is 5.41 Å². The number of carboxylic acids is 1. The first-order chi connectivity index (χ1) is 8.97. The van der Waals surface area contributed by atoms with Gasteiger partial charge in [-0.1, -0.05) is 0 Å². The molecule has 20 heavy (non-hydrogen) atoms. The van der Waals surface area contributed by atoms with E-state index in [0.717, 1.165) is 0 Å². The summed E-state index contributed by atoms with van der Waals surface area (Å²) in [4.78, 5) is 25.2. The van der Waals surface area contributed by atoms with Gasteiger partial charge in [0.05, 0.1) is 11.0 Å². The quantitative estimate of drug-likeness (QED) is 0.665. The zero-order valence-electron chi connectivity index (χ0n) is 13.4. The number of nitrogens with zero attached hydrogens (tertiary/aromatic N) is 1. The predicted octanol–water partition coefficient (Wildman–Crippen LogP) is 1.68. The Morgan fingerprint density at radius 3 is 2.05 bits per heavy atom. The van der Waals surface area contributed by atoms with E-state index in [4.69, 9.17) is 5.11 Å². The van der Waals surface area contributed by atoms with Crippen LogP contribution in [0.4, 0.5) is 4.79 Å². The standard InChI is InChI=1S/C14H28N2O4/c1-10(2)16(8-7-9-17)12(20)15-14(5,6)13(3,4)11(18)19/h10,17H,7-9H2,1-6H3,(H,15,20)(H,18,19). The van der Waals surface area contributed by atoms with Crippen LogP contribution in [0.25, 0.3) is 0 Å². The van der Waals surface area contributed by atoms with Gasteiger partial charge in [0.15, 0.2) is 0 Å². The number of hydrogen-bond acceptors (Lipinski definition) is 3. The maximum atomic E-state index is 12.3. The van der Waals surface area contributed by atoms with Crippen molar-refractivity contribution in [3.8, 4) is 0 Å². The lowest BCUT2D eigenvalue weighted by Crippen LogP contribution is -2.60. The van der Waals surface area contributed by atoms with Crippen molar-refractivity contribution < 1.29 is 19.8 Å². The SMILES string of the molecule is CC(C)N(CCCO)C(=O)NC(C)(C)C(C)(C)C(=O)O. The Hall–Kier alpha value is -1.30. The molecule has 0 aromatic carbocycles. The molecule has 0 aromatic rings. The van der Waals surface area contributed by atoms with Gasteiger partial charge in [-0.15, -0.1) is 0 Å². The maximum absolute atomic E-state index is 12.3. The van der Waals surface area contributed by atoms with E-state index in [0.29, 0.717) is 13.0 Å². The van der Waals surface area contributed by atoms with Crippen molar-refractivity contribution in [1.82, 2.24) is 10.2 Å². The van der Waals surface area contributed by atoms with Crippen molar-refractivity contribution in [3.63, 3.8) is 0 Å². The van der Waals surface area contributed by atoms with Crippen molar-refractivity contribution in [2.45, 2.75) is 59.5 Å². The van der Waals surface area contributed by atoms with Gasteiger partial charge in [0, 0.05) is 19.2 Å². The van der Waals surface area contributed by atoms with Gasteiger partial charge in [-0.2, -0.15) is 0 Å². The summed E-state index contributed by atoms with van der Waals surface area (Å²) in [5.41, 5.74) is -2.00. The lowest BCUT2D eigenvalue weighted by Gasteiger charge is -2.40. The highest BCUT2D eigenvalue weighted by Crippen LogP contribution is 2.30. The number of aliphatic hydroxyl groups is 1. The normalized spacial score (nSPS) is 12.4. The number of rotatable bonds is 7. The minimum absolute atomic E-state index is 0.0144. The topological polar surface area (TPSA) is 89.9 Å². The fourth-order valence-corrected chi connectivity index (χ4v) is 1.60. The molecule has 0 saturated carbocycles. The van der Waals surface area contributed by atoms with E-state index in [9.17, 15) is 14.7 Å². The Balaban J connectivity index is 4.99. The smallest absolute Gasteiger partial charge is 0.318 e. The summed E-state index contributed by atoms with van der Waals surface area (Å²) in [7, 11) is 0. The van der Waals surface area contributed by atoms with Crippen LogP contribution >= 0.6 is 0 Å². The van der Waals surface area contributed by atoms with Gasteiger partial charge in [-0.05, 0) is 48.0 Å². The highest BCUT2D eigenvalue weighted by Gasteiger charge is 2.45. The third kappa shape index (κ3) is 4.37. The summed E-state index contributed by atoms with van der Waals surface area (Å²) in [5, 5.41) is 21.0. The maximum Gasteiger partial charge on any atom is 0.318 e. The van der Waals surface area contributed by atoms with Gasteiger partial charge in [0.1, 0.15) is 0 Å². The first-order valence-electron chi connectivity index (χ1n) is 6.90. The number of carbonyl (C=O) groups is 2. The molecule has 0 aliphatic carbocycles. The van der Waals surface area contributed by atoms with Crippen molar-refractivity contribution in [2.75, 3.05) is 13.2 Å². The Labute approximate surface area is 121 Å². The highest BCUT2D eigenvalue weighted by atomic mass is 16.4. The molecule has 0 heterocycles. The van der Waals surface area contributed by atoms with Crippen molar-refractivity contribution in [3.05, 3.63) is 0 Å². The first-order valence-corrected chi connectivity index (χ1v) is 6.90. The molecule has 0 fully saturated rings. The summed E-state index contributed by atoms with van der Waals surface area (Å²) in [6, 6.07) is -0.335. The van der Waals surface area contributed by atoms with Crippen LogP contribution in [0.15, 0.2) is 0 Å². The summed E-state index contributed by atoms with van der Waals surface area (Å²) < 4.78 is 0. The molecular formula is C14H28N2O4. The van der Waals surface area contributed by atoms with E-state index in [1.807, 2.05) is 13.8 Å². The van der Waals surface area contributed by atoms with Gasteiger partial charge in [-0.25, -0.2) is 4.79 Å². The molecule has 0 aromatic heterocycles. The van der Waals surface area contributed by atoms with Crippen molar-refractivity contribution in [1.29, 1.82) is 0 Å². The van der Waals surface area contributed by atoms with Crippen LogP contribution in [0.2, 0.25) is 0 Å². The Morgan fingerprint density at radius 1 is 1.20 bits per heavy atom. The molecule has 0 saturated heterocycles. The third-order valence-electron chi connectivity index (χ3n) is 3.96. The molecule has 6 nitrogen and oxygen atoms in total. The van der Waals surface area contributed by atoms with E-state index >= 15 is 0 Å². The number of aliphatic hydroxyl groups excluding tert-OH is 1. The van der Waals surface area contributed by atoms with Crippen LogP contribution in [0.3, 0.4) is 0 Å². The van der Waals surface area contributed by atoms with E-state index in [1.54, 1.807) is 32.6 Å². The molecule has 0 radical (unpaired) electrons. The third-order valence-corrected chi connectivity index (χ3v) is 3.96. The summed E-state index contributed by atoms with van der Waals surface area (Å²) in [6.07, 6.45) is 0.494. The Kier molecular flexibility index (Phi) is 6.47. The molecule has 118 valence electrons. The molecule has 0 aliphatic heterocycles. The lowest BCUT2D eigenvalue weighted by atomic mass is 9.74. The van der Waals surface area contributed by atoms with E-state index in [-0.39, 0.29) is 18.7 Å². The Morgan fingerprint density at radius 2 is 1.70 bits per heavy atom. The van der Waals surface area contributed by atoms with E-state index in [1.165, 1.54) is 0 Å². The fraction of sp³-hybridized carbons (Fsp3) is 0.857. The van der Waals surface area contributed by atoms with Crippen LogP contribution in [-0.4, -0.2) is 51.8 Å². The molecular weight excluding hydrogens is 260 g/mol.